The van der Waals surface area contributed by atoms with Crippen LogP contribution in [0.5, 0.6) is 0 Å². The van der Waals surface area contributed by atoms with Gasteiger partial charge in [0.1, 0.15) is 0 Å². The van der Waals surface area contributed by atoms with Gasteiger partial charge in [-0.3, -0.25) is 4.79 Å². The van der Waals surface area contributed by atoms with E-state index in [0.717, 1.165) is 12.8 Å². The molecule has 0 spiro atoms. The lowest BCUT2D eigenvalue weighted by molar-refractivity contribution is -0.131. The van der Waals surface area contributed by atoms with E-state index in [4.69, 9.17) is 10.5 Å². The summed E-state index contributed by atoms with van der Waals surface area (Å²) in [5, 5.41) is 3.04. The summed E-state index contributed by atoms with van der Waals surface area (Å²) in [5.74, 6) is 0.0440. The molecule has 2 rings (SSSR count). The van der Waals surface area contributed by atoms with Crippen molar-refractivity contribution in [1.82, 2.24) is 5.32 Å². The minimum atomic E-state index is -0.536. The van der Waals surface area contributed by atoms with Gasteiger partial charge in [0.15, 0.2) is 0 Å². The van der Waals surface area contributed by atoms with Crippen LogP contribution in [0.4, 0.5) is 0 Å². The molecule has 2 atom stereocenters. The molecule has 4 heteroatoms. The number of ether oxygens (including phenoxy) is 1. The number of rotatable bonds is 2. The van der Waals surface area contributed by atoms with Gasteiger partial charge in [-0.15, -0.1) is 0 Å². The summed E-state index contributed by atoms with van der Waals surface area (Å²) in [6.07, 6.45) is 2.15. The molecular formula is C10H18N2O2. The first-order valence-electron chi connectivity index (χ1n) is 5.12. The topological polar surface area (TPSA) is 64.3 Å². The lowest BCUT2D eigenvalue weighted by Crippen LogP contribution is -2.52. The zero-order chi connectivity index (χ0) is 10.4. The van der Waals surface area contributed by atoms with Crippen LogP contribution in [0.2, 0.25) is 0 Å². The number of amides is 1. The number of carbonyl (C=O) groups is 1. The Kier molecular flexibility index (Phi) is 2.08. The fourth-order valence-electron chi connectivity index (χ4n) is 1.65. The summed E-state index contributed by atoms with van der Waals surface area (Å²) >= 11 is 0. The predicted molar refractivity (Wildman–Crippen MR) is 52.7 cm³/mol. The average Bonchev–Trinajstić information content (AvgIpc) is 2.72. The Labute approximate surface area is 84.2 Å². The third-order valence-corrected chi connectivity index (χ3v) is 3.45. The van der Waals surface area contributed by atoms with Crippen LogP contribution < -0.4 is 11.1 Å². The quantitative estimate of drug-likeness (QED) is 0.657. The van der Waals surface area contributed by atoms with E-state index in [1.54, 1.807) is 0 Å². The van der Waals surface area contributed by atoms with Gasteiger partial charge in [-0.25, -0.2) is 0 Å². The molecule has 1 heterocycles. The van der Waals surface area contributed by atoms with Crippen molar-refractivity contribution in [3.05, 3.63) is 0 Å². The molecule has 1 aliphatic heterocycles. The Bertz CT molecular complexity index is 263. The van der Waals surface area contributed by atoms with Crippen molar-refractivity contribution in [2.75, 3.05) is 13.2 Å². The first kappa shape index (κ1) is 9.93. The smallest absolute Gasteiger partial charge is 0.230 e. The Morgan fingerprint density at radius 1 is 1.50 bits per heavy atom. The Morgan fingerprint density at radius 3 is 2.57 bits per heavy atom. The van der Waals surface area contributed by atoms with Crippen LogP contribution in [0.15, 0.2) is 0 Å². The third-order valence-electron chi connectivity index (χ3n) is 3.45. The summed E-state index contributed by atoms with van der Waals surface area (Å²) < 4.78 is 5.24. The van der Waals surface area contributed by atoms with E-state index >= 15 is 0 Å². The van der Waals surface area contributed by atoms with Crippen molar-refractivity contribution in [1.29, 1.82) is 0 Å². The highest BCUT2D eigenvalue weighted by Crippen LogP contribution is 2.36. The van der Waals surface area contributed by atoms with E-state index in [2.05, 4.69) is 12.2 Å². The van der Waals surface area contributed by atoms with Gasteiger partial charge in [0.05, 0.1) is 18.6 Å². The maximum atomic E-state index is 12.0. The van der Waals surface area contributed by atoms with Crippen molar-refractivity contribution < 1.29 is 9.53 Å². The largest absolute Gasteiger partial charge is 0.379 e. The van der Waals surface area contributed by atoms with E-state index < -0.39 is 5.41 Å². The standard InChI is InChI=1S/C10H18N2O2/c1-9(3-4-9)12-8(13)10(2)6-14-5-7(10)11/h7H,3-6,11H2,1-2H3,(H,12,13). The van der Waals surface area contributed by atoms with E-state index in [0.29, 0.717) is 13.2 Å². The van der Waals surface area contributed by atoms with Gasteiger partial charge in [-0.2, -0.15) is 0 Å². The molecule has 80 valence electrons. The van der Waals surface area contributed by atoms with Gasteiger partial charge in [0.2, 0.25) is 5.91 Å². The molecule has 14 heavy (non-hydrogen) atoms. The third kappa shape index (κ3) is 1.53. The molecule has 0 radical (unpaired) electrons. The SMILES string of the molecule is CC1(NC(=O)C2(C)COCC2N)CC1. The van der Waals surface area contributed by atoms with Crippen molar-refractivity contribution in [3.8, 4) is 0 Å². The van der Waals surface area contributed by atoms with E-state index in [1.807, 2.05) is 6.92 Å². The van der Waals surface area contributed by atoms with Gasteiger partial charge in [0.25, 0.3) is 0 Å². The summed E-state index contributed by atoms with van der Waals surface area (Å²) in [4.78, 5) is 12.0. The van der Waals surface area contributed by atoms with Crippen molar-refractivity contribution in [2.45, 2.75) is 38.3 Å². The molecule has 4 nitrogen and oxygen atoms in total. The van der Waals surface area contributed by atoms with Crippen LogP contribution >= 0.6 is 0 Å². The molecule has 2 fully saturated rings. The highest BCUT2D eigenvalue weighted by Gasteiger charge is 2.48. The van der Waals surface area contributed by atoms with Crippen molar-refractivity contribution in [2.24, 2.45) is 11.1 Å². The van der Waals surface area contributed by atoms with E-state index in [-0.39, 0.29) is 17.5 Å². The second-order valence-corrected chi connectivity index (χ2v) is 5.05. The molecule has 0 aromatic heterocycles. The van der Waals surface area contributed by atoms with Gasteiger partial charge in [0, 0.05) is 11.6 Å². The van der Waals surface area contributed by atoms with Gasteiger partial charge in [-0.1, -0.05) is 0 Å². The van der Waals surface area contributed by atoms with E-state index in [1.165, 1.54) is 0 Å². The van der Waals surface area contributed by atoms with Crippen LogP contribution in [0.1, 0.15) is 26.7 Å². The maximum absolute atomic E-state index is 12.0. The molecule has 0 aromatic carbocycles. The highest BCUT2D eigenvalue weighted by atomic mass is 16.5. The Morgan fingerprint density at radius 2 is 2.14 bits per heavy atom. The van der Waals surface area contributed by atoms with Crippen LogP contribution in [-0.4, -0.2) is 30.7 Å². The number of hydrogen-bond donors (Lipinski definition) is 2. The average molecular weight is 198 g/mol. The minimum absolute atomic E-state index is 0.0302. The van der Waals surface area contributed by atoms with E-state index in [9.17, 15) is 4.79 Å². The lowest BCUT2D eigenvalue weighted by atomic mass is 9.84. The maximum Gasteiger partial charge on any atom is 0.230 e. The summed E-state index contributed by atoms with van der Waals surface area (Å²) in [6.45, 7) is 4.87. The van der Waals surface area contributed by atoms with Gasteiger partial charge >= 0.3 is 0 Å². The number of hydrogen-bond acceptors (Lipinski definition) is 3. The fourth-order valence-corrected chi connectivity index (χ4v) is 1.65. The van der Waals surface area contributed by atoms with Crippen LogP contribution in [0.25, 0.3) is 0 Å². The molecular weight excluding hydrogens is 180 g/mol. The second kappa shape index (κ2) is 2.94. The monoisotopic (exact) mass is 198 g/mol. The zero-order valence-corrected chi connectivity index (χ0v) is 8.80. The first-order chi connectivity index (χ1) is 6.46. The highest BCUT2D eigenvalue weighted by molar-refractivity contribution is 5.84. The predicted octanol–water partition coefficient (Wildman–Crippen LogP) is 0.0189. The van der Waals surface area contributed by atoms with Gasteiger partial charge < -0.3 is 15.8 Å². The normalized spacial score (nSPS) is 39.5. The molecule has 1 saturated carbocycles. The summed E-state index contributed by atoms with van der Waals surface area (Å²) in [7, 11) is 0. The van der Waals surface area contributed by atoms with Crippen molar-refractivity contribution >= 4 is 5.91 Å². The fraction of sp³-hybridized carbons (Fsp3) is 0.900. The van der Waals surface area contributed by atoms with Crippen molar-refractivity contribution in [3.63, 3.8) is 0 Å². The molecule has 2 aliphatic rings. The second-order valence-electron chi connectivity index (χ2n) is 5.05. The van der Waals surface area contributed by atoms with Gasteiger partial charge in [-0.05, 0) is 26.7 Å². The minimum Gasteiger partial charge on any atom is -0.379 e. The summed E-state index contributed by atoms with van der Waals surface area (Å²) in [6, 6.07) is -0.176. The first-order valence-corrected chi connectivity index (χ1v) is 5.12. The van der Waals surface area contributed by atoms with Crippen LogP contribution in [0.3, 0.4) is 0 Å². The molecule has 0 bridgehead atoms. The molecule has 3 N–H and O–H groups in total. The van der Waals surface area contributed by atoms with Crippen LogP contribution in [0, 0.1) is 5.41 Å². The zero-order valence-electron chi connectivity index (χ0n) is 8.80. The molecule has 1 saturated heterocycles. The number of carbonyl (C=O) groups excluding carboxylic acids is 1. The molecule has 1 amide bonds. The number of nitrogens with one attached hydrogen (secondary N) is 1. The van der Waals surface area contributed by atoms with Crippen LogP contribution in [-0.2, 0) is 9.53 Å². The Hall–Kier alpha value is -0.610. The Balaban J connectivity index is 2.02. The number of nitrogens with two attached hydrogens (primary N) is 1. The molecule has 1 aliphatic carbocycles. The summed E-state index contributed by atoms with van der Waals surface area (Å²) in [5.41, 5.74) is 5.36. The lowest BCUT2D eigenvalue weighted by Gasteiger charge is -2.27. The molecule has 0 aromatic rings. The molecule has 2 unspecified atom stereocenters.